The van der Waals surface area contributed by atoms with Crippen LogP contribution in [-0.2, 0) is 21.2 Å². The van der Waals surface area contributed by atoms with E-state index in [1.54, 1.807) is 30.3 Å². The Labute approximate surface area is 130 Å². The average molecular weight is 370 g/mol. The van der Waals surface area contributed by atoms with E-state index in [0.29, 0.717) is 5.56 Å². The molecule has 0 unspecified atom stereocenters. The van der Waals surface area contributed by atoms with Gasteiger partial charge in [0.05, 0.1) is 17.0 Å². The van der Waals surface area contributed by atoms with E-state index in [4.69, 9.17) is 5.11 Å². The monoisotopic (exact) mass is 369 g/mol. The van der Waals surface area contributed by atoms with Gasteiger partial charge in [-0.25, -0.2) is 8.42 Å². The van der Waals surface area contributed by atoms with Gasteiger partial charge in [0.25, 0.3) is 10.0 Å². The molecule has 7 heteroatoms. The van der Waals surface area contributed by atoms with E-state index >= 15 is 0 Å². The first kappa shape index (κ1) is 15.5. The molecule has 0 aliphatic carbocycles. The summed E-state index contributed by atoms with van der Waals surface area (Å²) in [6.45, 7) is 0. The van der Waals surface area contributed by atoms with Crippen molar-refractivity contribution < 1.29 is 18.3 Å². The number of rotatable bonds is 5. The van der Waals surface area contributed by atoms with Gasteiger partial charge in [-0.3, -0.25) is 9.52 Å². The topological polar surface area (TPSA) is 83.5 Å². The van der Waals surface area contributed by atoms with E-state index < -0.39 is 16.0 Å². The molecule has 0 heterocycles. The Kier molecular flexibility index (Phi) is 4.64. The van der Waals surface area contributed by atoms with Gasteiger partial charge in [-0.15, -0.1) is 0 Å². The number of carboxylic acid groups (broad SMARTS) is 1. The fraction of sp³-hybridized carbons (Fsp3) is 0.0714. The maximum Gasteiger partial charge on any atom is 0.307 e. The molecule has 5 nitrogen and oxygen atoms in total. The molecule has 2 aromatic carbocycles. The molecule has 0 saturated heterocycles. The number of benzene rings is 2. The predicted octanol–water partition coefficient (Wildman–Crippen LogP) is 2.88. The minimum Gasteiger partial charge on any atom is -0.481 e. The number of para-hydroxylation sites is 1. The molecule has 0 amide bonds. The SMILES string of the molecule is O=C(O)Cc1ccccc1NS(=O)(=O)c1ccc(Br)cc1. The second-order valence-electron chi connectivity index (χ2n) is 4.29. The van der Waals surface area contributed by atoms with Gasteiger partial charge >= 0.3 is 5.97 Å². The van der Waals surface area contributed by atoms with Crippen molar-refractivity contribution >= 4 is 37.6 Å². The summed E-state index contributed by atoms with van der Waals surface area (Å²) in [6, 6.07) is 12.6. The molecule has 0 aromatic heterocycles. The lowest BCUT2D eigenvalue weighted by molar-refractivity contribution is -0.136. The smallest absolute Gasteiger partial charge is 0.307 e. The third-order valence-corrected chi connectivity index (χ3v) is 4.64. The van der Waals surface area contributed by atoms with Gasteiger partial charge in [0.1, 0.15) is 0 Å². The van der Waals surface area contributed by atoms with Gasteiger partial charge in [-0.2, -0.15) is 0 Å². The number of halogens is 1. The summed E-state index contributed by atoms with van der Waals surface area (Å²) in [6.07, 6.45) is -0.251. The van der Waals surface area contributed by atoms with Gasteiger partial charge < -0.3 is 5.11 Å². The van der Waals surface area contributed by atoms with Crippen LogP contribution in [-0.4, -0.2) is 19.5 Å². The molecule has 0 spiro atoms. The third kappa shape index (κ3) is 4.05. The number of hydrogen-bond donors (Lipinski definition) is 2. The van der Waals surface area contributed by atoms with Crippen molar-refractivity contribution in [2.45, 2.75) is 11.3 Å². The van der Waals surface area contributed by atoms with Crippen molar-refractivity contribution in [1.29, 1.82) is 0 Å². The van der Waals surface area contributed by atoms with E-state index in [-0.39, 0.29) is 17.0 Å². The van der Waals surface area contributed by atoms with Crippen molar-refractivity contribution in [3.8, 4) is 0 Å². The van der Waals surface area contributed by atoms with Crippen LogP contribution < -0.4 is 4.72 Å². The fourth-order valence-electron chi connectivity index (χ4n) is 1.75. The predicted molar refractivity (Wildman–Crippen MR) is 82.7 cm³/mol. The zero-order valence-corrected chi connectivity index (χ0v) is 13.2. The number of aliphatic carboxylic acids is 1. The van der Waals surface area contributed by atoms with Gasteiger partial charge in [0.15, 0.2) is 0 Å². The van der Waals surface area contributed by atoms with Crippen molar-refractivity contribution in [1.82, 2.24) is 0 Å². The Balaban J connectivity index is 2.33. The van der Waals surface area contributed by atoms with Crippen LogP contribution >= 0.6 is 15.9 Å². The minimum atomic E-state index is -3.75. The lowest BCUT2D eigenvalue weighted by Crippen LogP contribution is -2.15. The van der Waals surface area contributed by atoms with E-state index in [2.05, 4.69) is 20.7 Å². The average Bonchev–Trinajstić information content (AvgIpc) is 2.40. The standard InChI is InChI=1S/C14H12BrNO4S/c15-11-5-7-12(8-6-11)21(19,20)16-13-4-2-1-3-10(13)9-14(17)18/h1-8,16H,9H2,(H,17,18). The molecule has 2 N–H and O–H groups in total. The molecule has 110 valence electrons. The Morgan fingerprint density at radius 2 is 1.71 bits per heavy atom. The Bertz CT molecular complexity index is 757. The van der Waals surface area contributed by atoms with Gasteiger partial charge in [0, 0.05) is 4.47 Å². The molecule has 2 rings (SSSR count). The molecule has 0 atom stereocenters. The van der Waals surface area contributed by atoms with Crippen LogP contribution in [0.15, 0.2) is 57.9 Å². The van der Waals surface area contributed by atoms with Crippen LogP contribution in [0.25, 0.3) is 0 Å². The Morgan fingerprint density at radius 1 is 1.10 bits per heavy atom. The van der Waals surface area contributed by atoms with E-state index in [0.717, 1.165) is 4.47 Å². The number of sulfonamides is 1. The highest BCUT2D eigenvalue weighted by atomic mass is 79.9. The zero-order chi connectivity index (χ0) is 15.5. The number of hydrogen-bond acceptors (Lipinski definition) is 3. The maximum atomic E-state index is 12.3. The van der Waals surface area contributed by atoms with Crippen LogP contribution in [0.4, 0.5) is 5.69 Å². The van der Waals surface area contributed by atoms with Crippen LogP contribution in [0.5, 0.6) is 0 Å². The van der Waals surface area contributed by atoms with E-state index in [1.165, 1.54) is 18.2 Å². The van der Waals surface area contributed by atoms with Crippen molar-refractivity contribution in [3.63, 3.8) is 0 Å². The highest BCUT2D eigenvalue weighted by molar-refractivity contribution is 9.10. The third-order valence-electron chi connectivity index (χ3n) is 2.73. The van der Waals surface area contributed by atoms with E-state index in [9.17, 15) is 13.2 Å². The van der Waals surface area contributed by atoms with Crippen LogP contribution in [0.1, 0.15) is 5.56 Å². The van der Waals surface area contributed by atoms with Gasteiger partial charge in [-0.1, -0.05) is 34.1 Å². The second-order valence-corrected chi connectivity index (χ2v) is 6.89. The molecule has 0 saturated carbocycles. The molecule has 0 aliphatic rings. The van der Waals surface area contributed by atoms with Crippen LogP contribution in [0, 0.1) is 0 Å². The molecular weight excluding hydrogens is 358 g/mol. The number of anilines is 1. The lowest BCUT2D eigenvalue weighted by atomic mass is 10.1. The zero-order valence-electron chi connectivity index (χ0n) is 10.8. The van der Waals surface area contributed by atoms with Crippen molar-refractivity contribution in [2.24, 2.45) is 0 Å². The normalized spacial score (nSPS) is 11.1. The summed E-state index contributed by atoms with van der Waals surface area (Å²) in [4.78, 5) is 10.9. The molecule has 0 aliphatic heterocycles. The summed E-state index contributed by atoms with van der Waals surface area (Å²) < 4.78 is 27.7. The summed E-state index contributed by atoms with van der Waals surface area (Å²) in [5.74, 6) is -1.02. The van der Waals surface area contributed by atoms with E-state index in [1.807, 2.05) is 0 Å². The summed E-state index contributed by atoms with van der Waals surface area (Å²) in [5, 5.41) is 8.85. The lowest BCUT2D eigenvalue weighted by Gasteiger charge is -2.11. The number of nitrogens with one attached hydrogen (secondary N) is 1. The minimum absolute atomic E-state index is 0.107. The molecule has 0 bridgehead atoms. The quantitative estimate of drug-likeness (QED) is 0.848. The number of carboxylic acids is 1. The Hall–Kier alpha value is -1.86. The summed E-state index contributed by atoms with van der Waals surface area (Å²) >= 11 is 3.24. The first-order chi connectivity index (χ1) is 9.88. The molecule has 0 radical (unpaired) electrons. The molecule has 21 heavy (non-hydrogen) atoms. The maximum absolute atomic E-state index is 12.3. The Morgan fingerprint density at radius 3 is 2.33 bits per heavy atom. The van der Waals surface area contributed by atoms with Crippen molar-refractivity contribution in [2.75, 3.05) is 4.72 Å². The first-order valence-corrected chi connectivity index (χ1v) is 8.24. The molecule has 0 fully saturated rings. The highest BCUT2D eigenvalue weighted by Crippen LogP contribution is 2.21. The summed E-state index contributed by atoms with van der Waals surface area (Å²) in [5.41, 5.74) is 0.675. The fourth-order valence-corrected chi connectivity index (χ4v) is 3.12. The van der Waals surface area contributed by atoms with Crippen LogP contribution in [0.2, 0.25) is 0 Å². The number of carbonyl (C=O) groups is 1. The summed E-state index contributed by atoms with van der Waals surface area (Å²) in [7, 11) is -3.75. The van der Waals surface area contributed by atoms with Gasteiger partial charge in [-0.05, 0) is 35.9 Å². The van der Waals surface area contributed by atoms with Crippen LogP contribution in [0.3, 0.4) is 0 Å². The largest absolute Gasteiger partial charge is 0.481 e. The first-order valence-electron chi connectivity index (χ1n) is 5.96. The highest BCUT2D eigenvalue weighted by Gasteiger charge is 2.16. The molecular formula is C14H12BrNO4S. The molecule has 2 aromatic rings. The van der Waals surface area contributed by atoms with Gasteiger partial charge in [0.2, 0.25) is 0 Å². The van der Waals surface area contributed by atoms with Crippen molar-refractivity contribution in [3.05, 3.63) is 58.6 Å². The second kappa shape index (κ2) is 6.28.